The van der Waals surface area contributed by atoms with E-state index in [1.54, 1.807) is 24.3 Å². The van der Waals surface area contributed by atoms with Crippen LogP contribution in [0.1, 0.15) is 12.5 Å². The van der Waals surface area contributed by atoms with Crippen molar-refractivity contribution in [1.82, 2.24) is 0 Å². The third-order valence-corrected chi connectivity index (χ3v) is 3.91. The first kappa shape index (κ1) is 17.7. The number of carbonyl (C=O) groups excluding carboxylic acids is 1. The van der Waals surface area contributed by atoms with Gasteiger partial charge in [-0.15, -0.1) is 0 Å². The van der Waals surface area contributed by atoms with Crippen LogP contribution in [0.4, 0.5) is 20.2 Å². The summed E-state index contributed by atoms with van der Waals surface area (Å²) in [6.45, 7) is 0.876. The molecule has 0 aliphatic rings. The molecule has 0 aliphatic carbocycles. The molecule has 1 amide bonds. The molecule has 0 aromatic heterocycles. The van der Waals surface area contributed by atoms with Gasteiger partial charge in [0.05, 0.1) is 11.4 Å². The Balaban J connectivity index is 1.97. The van der Waals surface area contributed by atoms with Gasteiger partial charge in [-0.05, 0) is 5.56 Å². The Morgan fingerprint density at radius 1 is 1.08 bits per heavy atom. The first-order valence-electron chi connectivity index (χ1n) is 8.03. The molecule has 0 spiro atoms. The Morgan fingerprint density at radius 2 is 1.69 bits per heavy atom. The zero-order valence-corrected chi connectivity index (χ0v) is 14.1. The van der Waals surface area contributed by atoms with Gasteiger partial charge in [-0.3, -0.25) is 4.79 Å². The SMILES string of the molecule is CC(F)(F)C(=O)Nc1c(N)cc(OCc2ccccc2)c2ccccc12. The molecule has 0 unspecified atom stereocenters. The predicted octanol–water partition coefficient (Wildman–Crippen LogP) is 4.59. The van der Waals surface area contributed by atoms with Crippen molar-refractivity contribution in [1.29, 1.82) is 0 Å². The average molecular weight is 356 g/mol. The molecule has 0 aliphatic heterocycles. The fourth-order valence-electron chi connectivity index (χ4n) is 2.58. The third-order valence-electron chi connectivity index (χ3n) is 3.91. The summed E-state index contributed by atoms with van der Waals surface area (Å²) in [5, 5.41) is 3.43. The van der Waals surface area contributed by atoms with Gasteiger partial charge in [0.1, 0.15) is 12.4 Å². The van der Waals surface area contributed by atoms with Crippen LogP contribution < -0.4 is 15.8 Å². The number of amides is 1. The first-order chi connectivity index (χ1) is 12.4. The maximum absolute atomic E-state index is 13.2. The van der Waals surface area contributed by atoms with E-state index in [1.165, 1.54) is 6.07 Å². The van der Waals surface area contributed by atoms with Crippen LogP contribution in [0.3, 0.4) is 0 Å². The van der Waals surface area contributed by atoms with Crippen molar-refractivity contribution < 1.29 is 18.3 Å². The molecule has 0 saturated heterocycles. The van der Waals surface area contributed by atoms with Gasteiger partial charge in [-0.2, -0.15) is 8.78 Å². The molecule has 0 radical (unpaired) electrons. The van der Waals surface area contributed by atoms with E-state index in [0.29, 0.717) is 30.1 Å². The van der Waals surface area contributed by atoms with Crippen LogP contribution in [0.2, 0.25) is 0 Å². The first-order valence-corrected chi connectivity index (χ1v) is 8.03. The lowest BCUT2D eigenvalue weighted by atomic mass is 10.1. The van der Waals surface area contributed by atoms with E-state index in [4.69, 9.17) is 10.5 Å². The van der Waals surface area contributed by atoms with E-state index in [-0.39, 0.29) is 11.4 Å². The Labute approximate surface area is 149 Å². The normalized spacial score (nSPS) is 11.3. The molecule has 3 aromatic rings. The molecular formula is C20H18F2N2O2. The van der Waals surface area contributed by atoms with E-state index < -0.39 is 11.8 Å². The molecule has 0 bridgehead atoms. The van der Waals surface area contributed by atoms with Crippen molar-refractivity contribution in [3.05, 3.63) is 66.2 Å². The molecule has 3 rings (SSSR count). The summed E-state index contributed by atoms with van der Waals surface area (Å²) in [4.78, 5) is 11.7. The Hall–Kier alpha value is -3.15. The predicted molar refractivity (Wildman–Crippen MR) is 98.4 cm³/mol. The average Bonchev–Trinajstić information content (AvgIpc) is 2.62. The van der Waals surface area contributed by atoms with Gasteiger partial charge in [0.25, 0.3) is 5.91 Å². The highest BCUT2D eigenvalue weighted by Crippen LogP contribution is 2.37. The summed E-state index contributed by atoms with van der Waals surface area (Å²) < 4.78 is 32.4. The molecule has 0 heterocycles. The minimum Gasteiger partial charge on any atom is -0.488 e. The lowest BCUT2D eigenvalue weighted by Crippen LogP contribution is -2.31. The number of rotatable bonds is 5. The number of alkyl halides is 2. The van der Waals surface area contributed by atoms with Gasteiger partial charge in [-0.1, -0.05) is 54.6 Å². The second kappa shape index (κ2) is 7.00. The van der Waals surface area contributed by atoms with E-state index in [9.17, 15) is 13.6 Å². The zero-order valence-electron chi connectivity index (χ0n) is 14.1. The third kappa shape index (κ3) is 3.74. The number of hydrogen-bond acceptors (Lipinski definition) is 3. The molecule has 6 heteroatoms. The fourth-order valence-corrected chi connectivity index (χ4v) is 2.58. The Bertz CT molecular complexity index is 938. The van der Waals surface area contributed by atoms with Crippen LogP contribution >= 0.6 is 0 Å². The van der Waals surface area contributed by atoms with Gasteiger partial charge in [0.15, 0.2) is 0 Å². The molecule has 3 N–H and O–H groups in total. The number of nitrogen functional groups attached to an aromatic ring is 1. The molecule has 0 saturated carbocycles. The largest absolute Gasteiger partial charge is 0.488 e. The highest BCUT2D eigenvalue weighted by Gasteiger charge is 2.33. The van der Waals surface area contributed by atoms with Crippen molar-refractivity contribution in [3.63, 3.8) is 0 Å². The van der Waals surface area contributed by atoms with Crippen molar-refractivity contribution in [2.75, 3.05) is 11.1 Å². The van der Waals surface area contributed by atoms with E-state index in [2.05, 4.69) is 5.32 Å². The van der Waals surface area contributed by atoms with Crippen molar-refractivity contribution in [2.45, 2.75) is 19.5 Å². The summed E-state index contributed by atoms with van der Waals surface area (Å²) >= 11 is 0. The standard InChI is InChI=1S/C20H18F2N2O2/c1-20(21,22)19(25)24-18-15-10-6-5-9-14(15)17(11-16(18)23)26-12-13-7-3-2-4-8-13/h2-11H,12,23H2,1H3,(H,24,25). The van der Waals surface area contributed by atoms with E-state index in [1.807, 2.05) is 30.3 Å². The van der Waals surface area contributed by atoms with Crippen molar-refractivity contribution in [2.24, 2.45) is 0 Å². The van der Waals surface area contributed by atoms with Crippen molar-refractivity contribution >= 4 is 28.1 Å². The summed E-state index contributed by atoms with van der Waals surface area (Å²) in [6, 6.07) is 18.2. The van der Waals surface area contributed by atoms with Gasteiger partial charge in [0, 0.05) is 23.8 Å². The quantitative estimate of drug-likeness (QED) is 0.657. The Kier molecular flexibility index (Phi) is 4.75. The zero-order chi connectivity index (χ0) is 18.7. The summed E-state index contributed by atoms with van der Waals surface area (Å²) in [5.74, 6) is -4.40. The maximum atomic E-state index is 13.2. The number of benzene rings is 3. The smallest absolute Gasteiger partial charge is 0.322 e. The second-order valence-electron chi connectivity index (χ2n) is 6.00. The second-order valence-corrected chi connectivity index (χ2v) is 6.00. The number of hydrogen-bond donors (Lipinski definition) is 2. The van der Waals surface area contributed by atoms with Crippen LogP contribution in [0.5, 0.6) is 5.75 Å². The molecular weight excluding hydrogens is 338 g/mol. The lowest BCUT2D eigenvalue weighted by molar-refractivity contribution is -0.137. The topological polar surface area (TPSA) is 64.4 Å². The fraction of sp³-hybridized carbons (Fsp3) is 0.150. The molecule has 3 aromatic carbocycles. The number of carbonyl (C=O) groups is 1. The van der Waals surface area contributed by atoms with Crippen LogP contribution in [0.15, 0.2) is 60.7 Å². The molecule has 134 valence electrons. The number of halogens is 2. The number of nitrogens with two attached hydrogens (primary N) is 1. The van der Waals surface area contributed by atoms with E-state index >= 15 is 0 Å². The Morgan fingerprint density at radius 3 is 2.35 bits per heavy atom. The highest BCUT2D eigenvalue weighted by atomic mass is 19.3. The van der Waals surface area contributed by atoms with Crippen LogP contribution in [0.25, 0.3) is 10.8 Å². The molecule has 26 heavy (non-hydrogen) atoms. The molecule has 4 nitrogen and oxygen atoms in total. The van der Waals surface area contributed by atoms with Gasteiger partial charge >= 0.3 is 5.92 Å². The number of nitrogens with one attached hydrogen (secondary N) is 1. The number of ether oxygens (including phenoxy) is 1. The van der Waals surface area contributed by atoms with Gasteiger partial charge in [0.2, 0.25) is 0 Å². The van der Waals surface area contributed by atoms with Crippen LogP contribution in [0, 0.1) is 0 Å². The lowest BCUT2D eigenvalue weighted by Gasteiger charge is -2.17. The monoisotopic (exact) mass is 356 g/mol. The van der Waals surface area contributed by atoms with Crippen LogP contribution in [-0.2, 0) is 11.4 Å². The summed E-state index contributed by atoms with van der Waals surface area (Å²) in [5.41, 5.74) is 7.30. The summed E-state index contributed by atoms with van der Waals surface area (Å²) in [7, 11) is 0. The van der Waals surface area contributed by atoms with Crippen molar-refractivity contribution in [3.8, 4) is 5.75 Å². The highest BCUT2D eigenvalue weighted by molar-refractivity contribution is 6.10. The van der Waals surface area contributed by atoms with Gasteiger partial charge in [-0.25, -0.2) is 0 Å². The minimum atomic E-state index is -3.50. The summed E-state index contributed by atoms with van der Waals surface area (Å²) in [6.07, 6.45) is 0. The van der Waals surface area contributed by atoms with E-state index in [0.717, 1.165) is 5.56 Å². The molecule has 0 fully saturated rings. The van der Waals surface area contributed by atoms with Crippen LogP contribution in [-0.4, -0.2) is 11.8 Å². The van der Waals surface area contributed by atoms with Gasteiger partial charge < -0.3 is 15.8 Å². The number of fused-ring (bicyclic) bond motifs is 1. The number of anilines is 2. The minimum absolute atomic E-state index is 0.152. The maximum Gasteiger partial charge on any atom is 0.322 e. The molecule has 0 atom stereocenters.